The summed E-state index contributed by atoms with van der Waals surface area (Å²) in [6.45, 7) is -0.485. The molecule has 0 saturated heterocycles. The average Bonchev–Trinajstić information content (AvgIpc) is 2.16. The Kier molecular flexibility index (Phi) is 3.98. The summed E-state index contributed by atoms with van der Waals surface area (Å²) in [6, 6.07) is 0. The summed E-state index contributed by atoms with van der Waals surface area (Å²) >= 11 is 0. The van der Waals surface area contributed by atoms with E-state index in [0.29, 0.717) is 0 Å². The van der Waals surface area contributed by atoms with E-state index in [4.69, 9.17) is 0 Å². The van der Waals surface area contributed by atoms with Crippen molar-refractivity contribution in [2.45, 2.75) is 30.4 Å². The molecule has 0 fully saturated rings. The molecule has 0 rings (SSSR count). The average molecular weight is 243 g/mol. The lowest BCUT2D eigenvalue weighted by Crippen LogP contribution is -2.55. The van der Waals surface area contributed by atoms with E-state index in [0.717, 1.165) is 0 Å². The lowest BCUT2D eigenvalue weighted by Gasteiger charge is -2.30. The fraction of sp³-hybridized carbons (Fsp3) is 0.857. The summed E-state index contributed by atoms with van der Waals surface area (Å²) < 4.78 is 97.7. The lowest BCUT2D eigenvalue weighted by atomic mass is 10.0. The molecule has 0 bridgehead atoms. The van der Waals surface area contributed by atoms with Crippen molar-refractivity contribution in [3.8, 4) is 0 Å². The normalized spacial score (nSPS) is 16.6. The minimum absolute atomic E-state index is 1.63. The molecule has 0 aliphatic carbocycles. The van der Waals surface area contributed by atoms with Gasteiger partial charge in [-0.05, 0) is 6.92 Å². The van der Waals surface area contributed by atoms with Gasteiger partial charge in [0.2, 0.25) is 6.17 Å². The van der Waals surface area contributed by atoms with Crippen molar-refractivity contribution in [2.24, 2.45) is 0 Å². The molecular formula is C7H7F8. The second-order valence-corrected chi connectivity index (χ2v) is 2.83. The minimum Gasteiger partial charge on any atom is -0.244 e. The molecule has 91 valence electrons. The molecule has 0 N–H and O–H groups in total. The van der Waals surface area contributed by atoms with Crippen LogP contribution in [-0.4, -0.2) is 30.6 Å². The highest BCUT2D eigenvalue weighted by atomic mass is 19.3. The smallest absolute Gasteiger partial charge is 0.244 e. The van der Waals surface area contributed by atoms with Crippen molar-refractivity contribution in [3.63, 3.8) is 0 Å². The fourth-order valence-corrected chi connectivity index (χ4v) is 0.666. The topological polar surface area (TPSA) is 0 Å². The molecule has 0 unspecified atom stereocenters. The Morgan fingerprint density at radius 3 is 1.67 bits per heavy atom. The fourth-order valence-electron chi connectivity index (χ4n) is 0.666. The molecule has 8 heteroatoms. The Morgan fingerprint density at radius 2 is 1.40 bits per heavy atom. The molecule has 1 radical (unpaired) electrons. The zero-order valence-corrected chi connectivity index (χ0v) is 7.22. The van der Waals surface area contributed by atoms with Crippen molar-refractivity contribution in [2.75, 3.05) is 6.67 Å². The van der Waals surface area contributed by atoms with Crippen LogP contribution in [0.15, 0.2) is 0 Å². The number of halogens is 8. The van der Waals surface area contributed by atoms with E-state index in [1.54, 1.807) is 0 Å². The van der Waals surface area contributed by atoms with Gasteiger partial charge in [0.15, 0.2) is 6.67 Å². The van der Waals surface area contributed by atoms with E-state index in [-0.39, 0.29) is 0 Å². The molecule has 0 aromatic heterocycles. The zero-order chi connectivity index (χ0) is 12.5. The molecule has 0 aliphatic heterocycles. The third-order valence-corrected chi connectivity index (χ3v) is 1.68. The van der Waals surface area contributed by atoms with E-state index in [2.05, 4.69) is 6.92 Å². The van der Waals surface area contributed by atoms with Gasteiger partial charge in [-0.25, -0.2) is 17.6 Å². The summed E-state index contributed by atoms with van der Waals surface area (Å²) in [7, 11) is 0. The third kappa shape index (κ3) is 2.52. The van der Waals surface area contributed by atoms with Crippen molar-refractivity contribution >= 4 is 0 Å². The van der Waals surface area contributed by atoms with Crippen LogP contribution in [0.1, 0.15) is 6.42 Å². The van der Waals surface area contributed by atoms with Crippen LogP contribution in [0.4, 0.5) is 35.1 Å². The van der Waals surface area contributed by atoms with Crippen LogP contribution in [-0.2, 0) is 0 Å². The van der Waals surface area contributed by atoms with E-state index in [1.165, 1.54) is 0 Å². The molecule has 0 spiro atoms. The molecular weight excluding hydrogens is 236 g/mol. The standard InChI is InChI=1S/C7H7F8/c1-2-5(10,11)4(9)7(14,15)6(12,13)3-8/h4H,1-3H2/t4-/m0/s1. The highest BCUT2D eigenvalue weighted by Crippen LogP contribution is 2.44. The van der Waals surface area contributed by atoms with Crippen LogP contribution < -0.4 is 0 Å². The van der Waals surface area contributed by atoms with Gasteiger partial charge in [0.25, 0.3) is 5.92 Å². The molecule has 0 aliphatic rings. The van der Waals surface area contributed by atoms with E-state index < -0.39 is 37.0 Å². The molecule has 0 nitrogen and oxygen atoms in total. The number of hydrogen-bond donors (Lipinski definition) is 0. The van der Waals surface area contributed by atoms with Gasteiger partial charge in [0.05, 0.1) is 0 Å². The quantitative estimate of drug-likeness (QED) is 0.649. The Bertz CT molecular complexity index is 211. The second kappa shape index (κ2) is 4.13. The van der Waals surface area contributed by atoms with Gasteiger partial charge in [-0.2, -0.15) is 17.6 Å². The van der Waals surface area contributed by atoms with E-state index in [9.17, 15) is 35.1 Å². The summed E-state index contributed by atoms with van der Waals surface area (Å²) in [5.74, 6) is -16.0. The zero-order valence-electron chi connectivity index (χ0n) is 7.22. The number of alkyl halides is 8. The molecule has 0 amide bonds. The first-order valence-corrected chi connectivity index (χ1v) is 3.65. The Hall–Kier alpha value is -0.560. The van der Waals surface area contributed by atoms with Gasteiger partial charge in [-0.15, -0.1) is 0 Å². The van der Waals surface area contributed by atoms with Crippen LogP contribution in [0.2, 0.25) is 0 Å². The highest BCUT2D eigenvalue weighted by molar-refractivity contribution is 4.97. The maximum absolute atomic E-state index is 12.5. The van der Waals surface area contributed by atoms with E-state index >= 15 is 0 Å². The van der Waals surface area contributed by atoms with Gasteiger partial charge in [-0.1, -0.05) is 0 Å². The van der Waals surface area contributed by atoms with Gasteiger partial charge in [-0.3, -0.25) is 0 Å². The SMILES string of the molecule is [CH2]CC(F)(F)[C@H](F)C(F)(F)C(F)(F)CF. The minimum atomic E-state index is -5.77. The highest BCUT2D eigenvalue weighted by Gasteiger charge is 2.68. The Morgan fingerprint density at radius 1 is 1.00 bits per heavy atom. The number of hydrogen-bond acceptors (Lipinski definition) is 0. The monoisotopic (exact) mass is 243 g/mol. The molecule has 15 heavy (non-hydrogen) atoms. The van der Waals surface area contributed by atoms with Crippen molar-refractivity contribution < 1.29 is 35.1 Å². The van der Waals surface area contributed by atoms with Crippen LogP contribution >= 0.6 is 0 Å². The van der Waals surface area contributed by atoms with Crippen LogP contribution in [0.25, 0.3) is 0 Å². The van der Waals surface area contributed by atoms with Crippen LogP contribution in [0.3, 0.4) is 0 Å². The van der Waals surface area contributed by atoms with Gasteiger partial charge in [0, 0.05) is 6.42 Å². The Balaban J connectivity index is 5.04. The van der Waals surface area contributed by atoms with Gasteiger partial charge >= 0.3 is 11.8 Å². The lowest BCUT2D eigenvalue weighted by molar-refractivity contribution is -0.280. The molecule has 0 aromatic carbocycles. The van der Waals surface area contributed by atoms with Crippen molar-refractivity contribution in [3.05, 3.63) is 6.92 Å². The summed E-state index contributed by atoms with van der Waals surface area (Å²) in [5.41, 5.74) is 0. The van der Waals surface area contributed by atoms with Crippen LogP contribution in [0.5, 0.6) is 0 Å². The molecule has 0 heterocycles. The first-order chi connectivity index (χ1) is 6.53. The first kappa shape index (κ1) is 14.4. The van der Waals surface area contributed by atoms with Crippen LogP contribution in [0, 0.1) is 6.92 Å². The Labute approximate surface area is 80.3 Å². The third-order valence-electron chi connectivity index (χ3n) is 1.68. The van der Waals surface area contributed by atoms with E-state index in [1.807, 2.05) is 0 Å². The molecule has 0 aromatic rings. The van der Waals surface area contributed by atoms with Gasteiger partial charge < -0.3 is 0 Å². The van der Waals surface area contributed by atoms with Crippen molar-refractivity contribution in [1.29, 1.82) is 0 Å². The first-order valence-electron chi connectivity index (χ1n) is 3.65. The summed E-state index contributed by atoms with van der Waals surface area (Å²) in [4.78, 5) is 0. The molecule has 1 atom stereocenters. The second-order valence-electron chi connectivity index (χ2n) is 2.83. The summed E-state index contributed by atoms with van der Waals surface area (Å²) in [6.07, 6.45) is -6.11. The maximum atomic E-state index is 12.5. The summed E-state index contributed by atoms with van der Waals surface area (Å²) in [5, 5.41) is 0. The molecule has 0 saturated carbocycles. The predicted octanol–water partition coefficient (Wildman–Crippen LogP) is 3.42. The largest absolute Gasteiger partial charge is 0.349 e. The number of rotatable bonds is 5. The maximum Gasteiger partial charge on any atom is 0.349 e. The van der Waals surface area contributed by atoms with Gasteiger partial charge in [0.1, 0.15) is 0 Å². The van der Waals surface area contributed by atoms with Crippen molar-refractivity contribution in [1.82, 2.24) is 0 Å². The predicted molar refractivity (Wildman–Crippen MR) is 35.7 cm³/mol.